The summed E-state index contributed by atoms with van der Waals surface area (Å²) in [5.74, 6) is 0.591. The number of benzene rings is 1. The van der Waals surface area contributed by atoms with E-state index in [1.165, 1.54) is 4.31 Å². The van der Waals surface area contributed by atoms with Crippen molar-refractivity contribution in [1.29, 1.82) is 0 Å². The van der Waals surface area contributed by atoms with Crippen molar-refractivity contribution in [2.75, 3.05) is 39.8 Å². The predicted octanol–water partition coefficient (Wildman–Crippen LogP) is 2.91. The highest BCUT2D eigenvalue weighted by Crippen LogP contribution is 2.24. The lowest BCUT2D eigenvalue weighted by Crippen LogP contribution is -2.39. The van der Waals surface area contributed by atoms with Gasteiger partial charge in [0.25, 0.3) is 5.91 Å². The van der Waals surface area contributed by atoms with Gasteiger partial charge in [-0.1, -0.05) is 19.9 Å². The maximum absolute atomic E-state index is 13.0. The summed E-state index contributed by atoms with van der Waals surface area (Å²) in [6.07, 6.45) is 3.14. The molecule has 1 aromatic carbocycles. The minimum atomic E-state index is -3.57. The van der Waals surface area contributed by atoms with Crippen molar-refractivity contribution in [3.05, 3.63) is 29.3 Å². The zero-order valence-corrected chi connectivity index (χ0v) is 19.0. The van der Waals surface area contributed by atoms with Gasteiger partial charge in [-0.05, 0) is 63.4 Å². The molecule has 1 amide bonds. The van der Waals surface area contributed by atoms with Gasteiger partial charge in [-0.25, -0.2) is 8.42 Å². The standard InChI is InChI=1S/C20H33N3O3S.ClH/c1-5-23(6-2)27(25,26)18-8-7-16(3)19(15-18)20(24)22-13-10-17(11-14-22)9-12-21-4;/h7-8,15,17,21H,5-6,9-14H2,1-4H3;1H. The summed E-state index contributed by atoms with van der Waals surface area (Å²) in [4.78, 5) is 15.1. The highest BCUT2D eigenvalue weighted by molar-refractivity contribution is 7.89. The van der Waals surface area contributed by atoms with Crippen molar-refractivity contribution >= 4 is 28.3 Å². The second kappa shape index (κ2) is 11.1. The number of hydrogen-bond donors (Lipinski definition) is 1. The van der Waals surface area contributed by atoms with Crippen LogP contribution in [0.5, 0.6) is 0 Å². The fourth-order valence-electron chi connectivity index (χ4n) is 3.65. The van der Waals surface area contributed by atoms with Gasteiger partial charge < -0.3 is 10.2 Å². The van der Waals surface area contributed by atoms with Gasteiger partial charge in [0.15, 0.2) is 0 Å². The van der Waals surface area contributed by atoms with Crippen LogP contribution in [0.1, 0.15) is 49.0 Å². The number of sulfonamides is 1. The molecule has 2 rings (SSSR count). The summed E-state index contributed by atoms with van der Waals surface area (Å²) in [5, 5.41) is 3.18. The van der Waals surface area contributed by atoms with Gasteiger partial charge >= 0.3 is 0 Å². The number of piperidine rings is 1. The molecule has 1 saturated heterocycles. The Balaban J connectivity index is 0.00000392. The van der Waals surface area contributed by atoms with Crippen LogP contribution in [0.3, 0.4) is 0 Å². The Bertz CT molecular complexity index is 743. The molecule has 0 aromatic heterocycles. The number of likely N-dealkylation sites (tertiary alicyclic amines) is 1. The van der Waals surface area contributed by atoms with Crippen LogP contribution in [-0.2, 0) is 10.0 Å². The molecule has 1 aromatic rings. The van der Waals surface area contributed by atoms with Crippen molar-refractivity contribution in [2.24, 2.45) is 5.92 Å². The second-order valence-corrected chi connectivity index (χ2v) is 9.13. The molecule has 8 heteroatoms. The molecule has 1 N–H and O–H groups in total. The molecule has 1 heterocycles. The molecular formula is C20H34ClN3O3S. The highest BCUT2D eigenvalue weighted by atomic mass is 35.5. The van der Waals surface area contributed by atoms with Crippen LogP contribution >= 0.6 is 12.4 Å². The van der Waals surface area contributed by atoms with E-state index in [4.69, 9.17) is 0 Å². The number of carbonyl (C=O) groups excluding carboxylic acids is 1. The number of rotatable bonds is 8. The number of nitrogens with one attached hydrogen (secondary N) is 1. The average molecular weight is 432 g/mol. The molecule has 1 aliphatic rings. The minimum Gasteiger partial charge on any atom is -0.339 e. The largest absolute Gasteiger partial charge is 0.339 e. The summed E-state index contributed by atoms with van der Waals surface area (Å²) < 4.78 is 27.0. The molecule has 0 atom stereocenters. The number of carbonyl (C=O) groups is 1. The Morgan fingerprint density at radius 2 is 1.82 bits per heavy atom. The molecule has 0 aliphatic carbocycles. The van der Waals surface area contributed by atoms with Crippen LogP contribution in [0.15, 0.2) is 23.1 Å². The summed E-state index contributed by atoms with van der Waals surface area (Å²) in [6.45, 7) is 8.80. The van der Waals surface area contributed by atoms with Crippen molar-refractivity contribution in [3.8, 4) is 0 Å². The normalized spacial score (nSPS) is 15.5. The first kappa shape index (κ1) is 24.9. The van der Waals surface area contributed by atoms with E-state index in [-0.39, 0.29) is 23.2 Å². The smallest absolute Gasteiger partial charge is 0.254 e. The van der Waals surface area contributed by atoms with Crippen molar-refractivity contribution in [2.45, 2.75) is 44.9 Å². The molecule has 1 aliphatic heterocycles. The van der Waals surface area contributed by atoms with E-state index < -0.39 is 10.0 Å². The van der Waals surface area contributed by atoms with Crippen LogP contribution < -0.4 is 5.32 Å². The van der Waals surface area contributed by atoms with Crippen LogP contribution in [0.25, 0.3) is 0 Å². The van der Waals surface area contributed by atoms with Gasteiger partial charge in [-0.15, -0.1) is 12.4 Å². The third-order valence-corrected chi connectivity index (χ3v) is 7.53. The fraction of sp³-hybridized carbons (Fsp3) is 0.650. The average Bonchev–Trinajstić information content (AvgIpc) is 2.67. The van der Waals surface area contributed by atoms with Gasteiger partial charge in [0.1, 0.15) is 0 Å². The third-order valence-electron chi connectivity index (χ3n) is 5.49. The lowest BCUT2D eigenvalue weighted by Gasteiger charge is -2.32. The van der Waals surface area contributed by atoms with E-state index in [1.807, 2.05) is 32.7 Å². The molecule has 1 fully saturated rings. The van der Waals surface area contributed by atoms with E-state index in [0.717, 1.165) is 44.5 Å². The molecule has 0 unspecified atom stereocenters. The highest BCUT2D eigenvalue weighted by Gasteiger charge is 2.27. The Kier molecular flexibility index (Phi) is 9.90. The molecule has 0 saturated carbocycles. The first-order valence-corrected chi connectivity index (χ1v) is 11.3. The lowest BCUT2D eigenvalue weighted by atomic mass is 9.93. The Labute approximate surface area is 176 Å². The van der Waals surface area contributed by atoms with Crippen molar-refractivity contribution in [3.63, 3.8) is 0 Å². The lowest BCUT2D eigenvalue weighted by molar-refractivity contribution is 0.0686. The van der Waals surface area contributed by atoms with Gasteiger partial charge in [-0.2, -0.15) is 4.31 Å². The number of halogens is 1. The summed E-state index contributed by atoms with van der Waals surface area (Å²) in [6, 6.07) is 4.89. The van der Waals surface area contributed by atoms with Gasteiger partial charge in [0.05, 0.1) is 4.90 Å². The first-order valence-electron chi connectivity index (χ1n) is 9.89. The van der Waals surface area contributed by atoms with Crippen LogP contribution in [0.4, 0.5) is 0 Å². The second-order valence-electron chi connectivity index (χ2n) is 7.19. The number of nitrogens with zero attached hydrogens (tertiary/aromatic N) is 2. The molecule has 0 bridgehead atoms. The Hall–Kier alpha value is -1.15. The van der Waals surface area contributed by atoms with Gasteiger partial charge in [-0.3, -0.25) is 4.79 Å². The first-order chi connectivity index (χ1) is 12.8. The minimum absolute atomic E-state index is 0. The molecular weight excluding hydrogens is 398 g/mol. The Morgan fingerprint density at radius 1 is 1.21 bits per heavy atom. The molecule has 0 radical (unpaired) electrons. The number of amides is 1. The van der Waals surface area contributed by atoms with Crippen molar-refractivity contribution < 1.29 is 13.2 Å². The summed E-state index contributed by atoms with van der Waals surface area (Å²) in [5.41, 5.74) is 1.31. The molecule has 28 heavy (non-hydrogen) atoms. The van der Waals surface area contributed by atoms with Crippen LogP contribution in [0.2, 0.25) is 0 Å². The number of aryl methyl sites for hydroxylation is 1. The predicted molar refractivity (Wildman–Crippen MR) is 116 cm³/mol. The topological polar surface area (TPSA) is 69.7 Å². The van der Waals surface area contributed by atoms with Gasteiger partial charge in [0.2, 0.25) is 10.0 Å². The third kappa shape index (κ3) is 5.69. The quantitative estimate of drug-likeness (QED) is 0.687. The monoisotopic (exact) mass is 431 g/mol. The maximum Gasteiger partial charge on any atom is 0.254 e. The number of hydrogen-bond acceptors (Lipinski definition) is 4. The van der Waals surface area contributed by atoms with E-state index in [2.05, 4.69) is 5.32 Å². The molecule has 6 nitrogen and oxygen atoms in total. The molecule has 0 spiro atoms. The zero-order valence-electron chi connectivity index (χ0n) is 17.4. The Morgan fingerprint density at radius 3 is 2.36 bits per heavy atom. The van der Waals surface area contributed by atoms with E-state index >= 15 is 0 Å². The zero-order chi connectivity index (χ0) is 20.0. The molecule has 160 valence electrons. The van der Waals surface area contributed by atoms with E-state index in [9.17, 15) is 13.2 Å². The fourth-order valence-corrected chi connectivity index (χ4v) is 5.13. The van der Waals surface area contributed by atoms with Gasteiger partial charge in [0, 0.05) is 31.7 Å². The van der Waals surface area contributed by atoms with Crippen LogP contribution in [-0.4, -0.2) is 63.3 Å². The van der Waals surface area contributed by atoms with Crippen LogP contribution in [0, 0.1) is 12.8 Å². The van der Waals surface area contributed by atoms with Crippen molar-refractivity contribution in [1.82, 2.24) is 14.5 Å². The SMILES string of the molecule is CCN(CC)S(=O)(=O)c1ccc(C)c(C(=O)N2CCC(CCNC)CC2)c1.Cl. The summed E-state index contributed by atoms with van der Waals surface area (Å²) in [7, 11) is -1.61. The van der Waals surface area contributed by atoms with E-state index in [0.29, 0.717) is 24.6 Å². The maximum atomic E-state index is 13.0. The summed E-state index contributed by atoms with van der Waals surface area (Å²) >= 11 is 0. The van der Waals surface area contributed by atoms with E-state index in [1.54, 1.807) is 18.2 Å².